The zero-order chi connectivity index (χ0) is 18.9. The first-order valence-electron chi connectivity index (χ1n) is 7.42. The number of aromatic nitrogens is 2. The minimum absolute atomic E-state index is 0.202. The van der Waals surface area contributed by atoms with E-state index in [1.807, 2.05) is 0 Å². The molecular weight excluding hydrogens is 369 g/mol. The van der Waals surface area contributed by atoms with Crippen LogP contribution in [0.1, 0.15) is 11.3 Å². The molecule has 3 rings (SSSR count). The first-order chi connectivity index (χ1) is 12.2. The Hall–Kier alpha value is -2.81. The molecule has 26 heavy (non-hydrogen) atoms. The van der Waals surface area contributed by atoms with Gasteiger partial charge in [-0.25, -0.2) is 0 Å². The van der Waals surface area contributed by atoms with Gasteiger partial charge in [0.25, 0.3) is 0 Å². The molecule has 9 heteroatoms. The van der Waals surface area contributed by atoms with Crippen molar-refractivity contribution < 1.29 is 25.8 Å². The summed E-state index contributed by atoms with van der Waals surface area (Å²) in [5, 5.41) is 3.96. The highest BCUT2D eigenvalue weighted by Gasteiger charge is 2.36. The van der Waals surface area contributed by atoms with Crippen molar-refractivity contribution in [3.8, 4) is 17.0 Å². The quantitative estimate of drug-likeness (QED) is 0.683. The van der Waals surface area contributed by atoms with Crippen molar-refractivity contribution in [1.82, 2.24) is 9.19 Å². The van der Waals surface area contributed by atoms with Gasteiger partial charge in [0.05, 0.1) is 17.0 Å². The smallest absolute Gasteiger partial charge is 0.365 e. The Bertz CT molecular complexity index is 1030. The van der Waals surface area contributed by atoms with E-state index >= 15 is 0 Å². The molecule has 0 aliphatic carbocycles. The second-order valence-corrected chi connectivity index (χ2v) is 6.78. The lowest BCUT2D eigenvalue weighted by Gasteiger charge is -2.13. The zero-order valence-corrected chi connectivity index (χ0v) is 14.3. The molecule has 0 saturated carbocycles. The van der Waals surface area contributed by atoms with Gasteiger partial charge in [0.1, 0.15) is 0 Å². The van der Waals surface area contributed by atoms with Crippen molar-refractivity contribution >= 4 is 10.3 Å². The lowest BCUT2D eigenvalue weighted by atomic mass is 10.1. The third-order valence-electron chi connectivity index (χ3n) is 3.51. The Morgan fingerprint density at radius 3 is 2.27 bits per heavy atom. The van der Waals surface area contributed by atoms with Crippen molar-refractivity contribution in [2.24, 2.45) is 0 Å². The van der Waals surface area contributed by atoms with E-state index in [1.165, 1.54) is 19.1 Å². The van der Waals surface area contributed by atoms with E-state index in [-0.39, 0.29) is 5.69 Å². The summed E-state index contributed by atoms with van der Waals surface area (Å²) in [5.74, 6) is -0.809. The molecule has 2 aromatic carbocycles. The first-order valence-corrected chi connectivity index (χ1v) is 8.78. The van der Waals surface area contributed by atoms with Crippen molar-refractivity contribution in [2.75, 3.05) is 0 Å². The molecule has 5 nitrogen and oxygen atoms in total. The van der Waals surface area contributed by atoms with Crippen LogP contribution in [0.25, 0.3) is 11.3 Å². The average molecular weight is 382 g/mol. The minimum atomic E-state index is -4.75. The maximum Gasteiger partial charge on any atom is 0.429 e. The topological polar surface area (TPSA) is 61.2 Å². The van der Waals surface area contributed by atoms with Gasteiger partial charge in [0.15, 0.2) is 5.75 Å². The van der Waals surface area contributed by atoms with E-state index in [9.17, 15) is 21.6 Å². The van der Waals surface area contributed by atoms with Gasteiger partial charge >= 0.3 is 16.5 Å². The summed E-state index contributed by atoms with van der Waals surface area (Å²) in [7, 11) is -4.61. The monoisotopic (exact) mass is 382 g/mol. The molecule has 0 fully saturated rings. The Kier molecular flexibility index (Phi) is 4.49. The summed E-state index contributed by atoms with van der Waals surface area (Å²) >= 11 is 0. The second kappa shape index (κ2) is 6.49. The molecule has 136 valence electrons. The van der Waals surface area contributed by atoms with E-state index in [1.54, 1.807) is 30.3 Å². The number of aryl methyl sites for hydroxylation is 1. The van der Waals surface area contributed by atoms with E-state index in [0.29, 0.717) is 15.3 Å². The average Bonchev–Trinajstić information content (AvgIpc) is 2.98. The molecule has 0 N–H and O–H groups in total. The number of rotatable bonds is 4. The van der Waals surface area contributed by atoms with E-state index in [2.05, 4.69) is 5.10 Å². The normalized spacial score (nSPS) is 12.2. The van der Waals surface area contributed by atoms with Crippen LogP contribution >= 0.6 is 0 Å². The fraction of sp³-hybridized carbons (Fsp3) is 0.118. The number of alkyl halides is 3. The maximum atomic E-state index is 13.0. The molecule has 0 unspecified atom stereocenters. The Morgan fingerprint density at radius 1 is 1.00 bits per heavy atom. The lowest BCUT2D eigenvalue weighted by Crippen LogP contribution is -2.23. The third kappa shape index (κ3) is 3.57. The molecule has 0 aliphatic rings. The number of benzene rings is 2. The fourth-order valence-electron chi connectivity index (χ4n) is 2.36. The van der Waals surface area contributed by atoms with Crippen LogP contribution in [0, 0.1) is 6.92 Å². The van der Waals surface area contributed by atoms with Crippen LogP contribution in [0.3, 0.4) is 0 Å². The molecule has 0 atom stereocenters. The summed E-state index contributed by atoms with van der Waals surface area (Å²) in [6.07, 6.45) is -4.75. The van der Waals surface area contributed by atoms with Gasteiger partial charge in [0.2, 0.25) is 0 Å². The van der Waals surface area contributed by atoms with Crippen LogP contribution in [0.15, 0.2) is 60.7 Å². The van der Waals surface area contributed by atoms with Gasteiger partial charge in [-0.15, -0.1) is 4.09 Å². The van der Waals surface area contributed by atoms with Crippen LogP contribution in [-0.4, -0.2) is 17.6 Å². The summed E-state index contributed by atoms with van der Waals surface area (Å²) in [6.45, 7) is 1.47. The van der Waals surface area contributed by atoms with Crippen LogP contribution in [0.2, 0.25) is 0 Å². The number of nitrogens with zero attached hydrogens (tertiary/aromatic N) is 2. The second-order valence-electron chi connectivity index (χ2n) is 5.41. The first kappa shape index (κ1) is 18.0. The standard InChI is InChI=1S/C17H13F3N2O3S/c1-12-11-15(13-7-3-2-4-8-13)21-22(12)26(23,24)25-16-10-6-5-9-14(16)17(18,19)20/h2-11H,1H3. The third-order valence-corrected chi connectivity index (χ3v) is 4.70. The van der Waals surface area contributed by atoms with Crippen LogP contribution in [-0.2, 0) is 16.5 Å². The van der Waals surface area contributed by atoms with E-state index < -0.39 is 27.8 Å². The van der Waals surface area contributed by atoms with Crippen molar-refractivity contribution in [3.05, 3.63) is 71.9 Å². The predicted octanol–water partition coefficient (Wildman–Crippen LogP) is 4.05. The van der Waals surface area contributed by atoms with Gasteiger partial charge < -0.3 is 4.18 Å². The van der Waals surface area contributed by atoms with Gasteiger partial charge in [-0.2, -0.15) is 26.7 Å². The summed E-state index contributed by atoms with van der Waals surface area (Å²) in [6, 6.07) is 14.4. The number of para-hydroxylation sites is 1. The fourth-order valence-corrected chi connectivity index (χ4v) is 3.39. The Balaban J connectivity index is 2.00. The van der Waals surface area contributed by atoms with E-state index in [0.717, 1.165) is 18.2 Å². The van der Waals surface area contributed by atoms with Gasteiger partial charge in [0, 0.05) is 5.56 Å². The molecular formula is C17H13F3N2O3S. The summed E-state index contributed by atoms with van der Waals surface area (Å²) in [4.78, 5) is 0. The van der Waals surface area contributed by atoms with Crippen molar-refractivity contribution in [2.45, 2.75) is 13.1 Å². The molecule has 0 saturated heterocycles. The summed E-state index contributed by atoms with van der Waals surface area (Å²) in [5.41, 5.74) is 0.0460. The van der Waals surface area contributed by atoms with E-state index in [4.69, 9.17) is 4.18 Å². The highest BCUT2D eigenvalue weighted by Crippen LogP contribution is 2.36. The van der Waals surface area contributed by atoms with Gasteiger partial charge in [-0.1, -0.05) is 42.5 Å². The minimum Gasteiger partial charge on any atom is -0.365 e. The highest BCUT2D eigenvalue weighted by atomic mass is 32.2. The summed E-state index contributed by atoms with van der Waals surface area (Å²) < 4.78 is 69.3. The molecule has 0 spiro atoms. The molecule has 1 aromatic heterocycles. The molecule has 1 heterocycles. The van der Waals surface area contributed by atoms with Crippen LogP contribution in [0.5, 0.6) is 5.75 Å². The van der Waals surface area contributed by atoms with Crippen LogP contribution in [0.4, 0.5) is 13.2 Å². The Labute approximate surface area is 147 Å². The molecule has 0 aliphatic heterocycles. The number of hydrogen-bond acceptors (Lipinski definition) is 4. The zero-order valence-electron chi connectivity index (χ0n) is 13.4. The SMILES string of the molecule is Cc1cc(-c2ccccc2)nn1S(=O)(=O)Oc1ccccc1C(F)(F)F. The molecule has 0 radical (unpaired) electrons. The van der Waals surface area contributed by atoms with Crippen molar-refractivity contribution in [3.63, 3.8) is 0 Å². The maximum absolute atomic E-state index is 13.0. The van der Waals surface area contributed by atoms with Gasteiger partial charge in [-0.3, -0.25) is 0 Å². The molecule has 3 aromatic rings. The molecule has 0 bridgehead atoms. The number of hydrogen-bond donors (Lipinski definition) is 0. The largest absolute Gasteiger partial charge is 0.429 e. The molecule has 0 amide bonds. The van der Waals surface area contributed by atoms with Crippen molar-refractivity contribution in [1.29, 1.82) is 0 Å². The lowest BCUT2D eigenvalue weighted by molar-refractivity contribution is -0.138. The number of halogens is 3. The van der Waals surface area contributed by atoms with Crippen LogP contribution < -0.4 is 4.18 Å². The highest BCUT2D eigenvalue weighted by molar-refractivity contribution is 7.85. The predicted molar refractivity (Wildman–Crippen MR) is 88.8 cm³/mol. The Morgan fingerprint density at radius 2 is 1.62 bits per heavy atom. The van der Waals surface area contributed by atoms with Gasteiger partial charge in [-0.05, 0) is 25.1 Å².